The van der Waals surface area contributed by atoms with E-state index < -0.39 is 74.7 Å². The molecule has 0 saturated carbocycles. The zero-order valence-corrected chi connectivity index (χ0v) is 11.9. The Balaban J connectivity index is 2.11. The summed E-state index contributed by atoms with van der Waals surface area (Å²) in [7, 11) is 0. The van der Waals surface area contributed by atoms with Crippen molar-refractivity contribution < 1.29 is 54.3 Å². The molecule has 23 heavy (non-hydrogen) atoms. The molecule has 0 bridgehead atoms. The third-order valence-electron chi connectivity index (χ3n) is 3.95. The SMILES string of the molecule is OCC1OC(OC2C(CO)OC(F)C(O)C2O)C(O)C(O)C1O. The van der Waals surface area contributed by atoms with Crippen LogP contribution < -0.4 is 0 Å². The highest BCUT2D eigenvalue weighted by Gasteiger charge is 2.50. The number of halogens is 1. The van der Waals surface area contributed by atoms with E-state index in [0.717, 1.165) is 0 Å². The normalized spacial score (nSPS) is 51.7. The zero-order valence-electron chi connectivity index (χ0n) is 11.9. The lowest BCUT2D eigenvalue weighted by Crippen LogP contribution is -2.64. The Bertz CT molecular complexity index is 383. The minimum absolute atomic E-state index is 0.687. The quantitative estimate of drug-likeness (QED) is 0.264. The second-order valence-corrected chi connectivity index (χ2v) is 5.49. The number of rotatable bonds is 4. The fraction of sp³-hybridized carbons (Fsp3) is 1.00. The molecule has 10 unspecified atom stereocenters. The summed E-state index contributed by atoms with van der Waals surface area (Å²) >= 11 is 0. The number of aliphatic hydroxyl groups excluding tert-OH is 7. The fourth-order valence-electron chi connectivity index (χ4n) is 2.54. The van der Waals surface area contributed by atoms with Gasteiger partial charge in [-0.25, -0.2) is 4.39 Å². The first-order valence-corrected chi connectivity index (χ1v) is 7.04. The van der Waals surface area contributed by atoms with Crippen molar-refractivity contribution in [3.05, 3.63) is 0 Å². The van der Waals surface area contributed by atoms with E-state index in [9.17, 15) is 35.0 Å². The zero-order chi connectivity index (χ0) is 17.3. The molecule has 0 aromatic heterocycles. The van der Waals surface area contributed by atoms with Crippen LogP contribution in [-0.4, -0.2) is 110 Å². The van der Waals surface area contributed by atoms with Crippen molar-refractivity contribution in [2.45, 2.75) is 61.5 Å². The Morgan fingerprint density at radius 1 is 0.739 bits per heavy atom. The van der Waals surface area contributed by atoms with Crippen molar-refractivity contribution >= 4 is 0 Å². The predicted molar refractivity (Wildman–Crippen MR) is 67.5 cm³/mol. The van der Waals surface area contributed by atoms with Gasteiger partial charge in [-0.1, -0.05) is 0 Å². The molecule has 2 saturated heterocycles. The Hall–Kier alpha value is -0.470. The second-order valence-electron chi connectivity index (χ2n) is 5.49. The third-order valence-corrected chi connectivity index (χ3v) is 3.95. The van der Waals surface area contributed by atoms with E-state index in [1.807, 2.05) is 0 Å². The van der Waals surface area contributed by atoms with Gasteiger partial charge in [0.1, 0.15) is 48.8 Å². The molecule has 0 spiro atoms. The summed E-state index contributed by atoms with van der Waals surface area (Å²) in [4.78, 5) is 0. The first-order valence-electron chi connectivity index (χ1n) is 7.04. The van der Waals surface area contributed by atoms with Crippen molar-refractivity contribution in [3.8, 4) is 0 Å². The number of alkyl halides is 1. The van der Waals surface area contributed by atoms with Gasteiger partial charge in [0.2, 0.25) is 6.36 Å². The van der Waals surface area contributed by atoms with E-state index in [0.29, 0.717) is 0 Å². The average molecular weight is 344 g/mol. The highest BCUT2D eigenvalue weighted by Crippen LogP contribution is 2.29. The van der Waals surface area contributed by atoms with Gasteiger partial charge in [-0.15, -0.1) is 0 Å². The summed E-state index contributed by atoms with van der Waals surface area (Å²) in [6, 6.07) is 0. The average Bonchev–Trinajstić information content (AvgIpc) is 2.55. The van der Waals surface area contributed by atoms with Gasteiger partial charge in [0, 0.05) is 0 Å². The largest absolute Gasteiger partial charge is 0.394 e. The molecule has 2 rings (SSSR count). The first kappa shape index (κ1) is 18.9. The van der Waals surface area contributed by atoms with Crippen LogP contribution in [0.25, 0.3) is 0 Å². The van der Waals surface area contributed by atoms with Gasteiger partial charge in [0.15, 0.2) is 6.29 Å². The smallest absolute Gasteiger partial charge is 0.228 e. The summed E-state index contributed by atoms with van der Waals surface area (Å²) in [5.41, 5.74) is 0. The summed E-state index contributed by atoms with van der Waals surface area (Å²) in [5, 5.41) is 66.8. The van der Waals surface area contributed by atoms with Crippen molar-refractivity contribution in [1.29, 1.82) is 0 Å². The van der Waals surface area contributed by atoms with E-state index in [2.05, 4.69) is 4.74 Å². The summed E-state index contributed by atoms with van der Waals surface area (Å²) < 4.78 is 28.3. The highest BCUT2D eigenvalue weighted by molar-refractivity contribution is 4.93. The van der Waals surface area contributed by atoms with Crippen molar-refractivity contribution in [3.63, 3.8) is 0 Å². The lowest BCUT2D eigenvalue weighted by Gasteiger charge is -2.44. The van der Waals surface area contributed by atoms with E-state index in [1.165, 1.54) is 0 Å². The lowest BCUT2D eigenvalue weighted by molar-refractivity contribution is -0.349. The summed E-state index contributed by atoms with van der Waals surface area (Å²) in [5.74, 6) is 0. The van der Waals surface area contributed by atoms with Crippen LogP contribution >= 0.6 is 0 Å². The molecule has 2 heterocycles. The monoisotopic (exact) mass is 344 g/mol. The van der Waals surface area contributed by atoms with Crippen LogP contribution in [0.4, 0.5) is 4.39 Å². The highest BCUT2D eigenvalue weighted by atomic mass is 19.1. The molecule has 2 aliphatic rings. The van der Waals surface area contributed by atoms with Gasteiger partial charge in [-0.2, -0.15) is 0 Å². The molecule has 0 amide bonds. The predicted octanol–water partition coefficient (Wildman–Crippen LogP) is -4.42. The Morgan fingerprint density at radius 2 is 1.35 bits per heavy atom. The minimum Gasteiger partial charge on any atom is -0.394 e. The molecule has 2 fully saturated rings. The summed E-state index contributed by atoms with van der Waals surface area (Å²) in [6.07, 6.45) is -16.8. The molecule has 0 aliphatic carbocycles. The second kappa shape index (κ2) is 7.61. The minimum atomic E-state index is -2.24. The molecular weight excluding hydrogens is 323 g/mol. The molecule has 10 atom stereocenters. The molecule has 10 nitrogen and oxygen atoms in total. The number of hydrogen-bond donors (Lipinski definition) is 7. The molecule has 0 aromatic rings. The maximum Gasteiger partial charge on any atom is 0.228 e. The van der Waals surface area contributed by atoms with Gasteiger partial charge in [-0.3, -0.25) is 0 Å². The van der Waals surface area contributed by atoms with Crippen LogP contribution in [0.15, 0.2) is 0 Å². The van der Waals surface area contributed by atoms with Crippen molar-refractivity contribution in [1.82, 2.24) is 0 Å². The van der Waals surface area contributed by atoms with E-state index in [1.54, 1.807) is 0 Å². The summed E-state index contributed by atoms with van der Waals surface area (Å²) in [6.45, 7) is -1.45. The van der Waals surface area contributed by atoms with E-state index in [4.69, 9.17) is 14.6 Å². The van der Waals surface area contributed by atoms with E-state index >= 15 is 0 Å². The van der Waals surface area contributed by atoms with Gasteiger partial charge < -0.3 is 50.0 Å². The molecule has 0 radical (unpaired) electrons. The Morgan fingerprint density at radius 3 is 1.91 bits per heavy atom. The molecule has 0 aromatic carbocycles. The lowest BCUT2D eigenvalue weighted by atomic mass is 9.97. The van der Waals surface area contributed by atoms with Crippen LogP contribution in [0.3, 0.4) is 0 Å². The maximum atomic E-state index is 13.3. The standard InChI is InChI=1S/C12H21FO10/c13-11-8(19)7(18)10(4(2-15)21-11)23-12-9(20)6(17)5(16)3(1-14)22-12/h3-12,14-20H,1-2H2. The van der Waals surface area contributed by atoms with Gasteiger partial charge in [-0.05, 0) is 0 Å². The Kier molecular flexibility index (Phi) is 6.24. The van der Waals surface area contributed by atoms with Crippen molar-refractivity contribution in [2.75, 3.05) is 13.2 Å². The first-order chi connectivity index (χ1) is 10.8. The van der Waals surface area contributed by atoms with Crippen LogP contribution in [0.5, 0.6) is 0 Å². The van der Waals surface area contributed by atoms with Crippen LogP contribution in [0.2, 0.25) is 0 Å². The molecule has 7 N–H and O–H groups in total. The van der Waals surface area contributed by atoms with Crippen LogP contribution in [0.1, 0.15) is 0 Å². The number of ether oxygens (including phenoxy) is 3. The van der Waals surface area contributed by atoms with E-state index in [-0.39, 0.29) is 0 Å². The number of hydrogen-bond acceptors (Lipinski definition) is 10. The van der Waals surface area contributed by atoms with Crippen LogP contribution in [0, 0.1) is 0 Å². The molecule has 136 valence electrons. The fourth-order valence-corrected chi connectivity index (χ4v) is 2.54. The molecule has 11 heteroatoms. The van der Waals surface area contributed by atoms with Gasteiger partial charge >= 0.3 is 0 Å². The van der Waals surface area contributed by atoms with Gasteiger partial charge in [0.05, 0.1) is 13.2 Å². The van der Waals surface area contributed by atoms with Gasteiger partial charge in [0.25, 0.3) is 0 Å². The van der Waals surface area contributed by atoms with Crippen molar-refractivity contribution in [2.24, 2.45) is 0 Å². The van der Waals surface area contributed by atoms with Crippen LogP contribution in [-0.2, 0) is 14.2 Å². The number of aliphatic hydroxyl groups is 7. The third kappa shape index (κ3) is 3.64. The maximum absolute atomic E-state index is 13.3. The Labute approximate surface area is 130 Å². The molecular formula is C12H21FO10. The molecule has 2 aliphatic heterocycles. The topological polar surface area (TPSA) is 169 Å².